The first-order chi connectivity index (χ1) is 13.7. The fraction of sp³-hybridized carbons (Fsp3) is 0.400. The normalized spacial score (nSPS) is 13.8. The van der Waals surface area contributed by atoms with Crippen LogP contribution >= 0.6 is 0 Å². The number of carbonyl (C=O) groups is 1. The van der Waals surface area contributed by atoms with Gasteiger partial charge in [-0.25, -0.2) is 4.79 Å². The van der Waals surface area contributed by atoms with Crippen molar-refractivity contribution in [3.8, 4) is 0 Å². The minimum Gasteiger partial charge on any atom is -0.463 e. The molecule has 0 bridgehead atoms. The van der Waals surface area contributed by atoms with Gasteiger partial charge in [-0.2, -0.15) is 0 Å². The van der Waals surface area contributed by atoms with Crippen LogP contribution in [-0.4, -0.2) is 27.5 Å². The highest BCUT2D eigenvalue weighted by Gasteiger charge is 2.50. The molecule has 0 aromatic heterocycles. The van der Waals surface area contributed by atoms with E-state index in [-0.39, 0.29) is 16.9 Å². The molecular formula is C25H34O3Si. The Kier molecular flexibility index (Phi) is 8.00. The van der Waals surface area contributed by atoms with Gasteiger partial charge in [-0.05, 0) is 35.2 Å². The second kappa shape index (κ2) is 10.0. The summed E-state index contributed by atoms with van der Waals surface area (Å²) in [5, 5.41) is 2.46. The summed E-state index contributed by atoms with van der Waals surface area (Å²) in [5.41, 5.74) is 0.630. The molecule has 2 rings (SSSR count). The van der Waals surface area contributed by atoms with Gasteiger partial charge in [0.1, 0.15) is 0 Å². The molecule has 0 amide bonds. The van der Waals surface area contributed by atoms with Crippen molar-refractivity contribution in [3.05, 3.63) is 72.3 Å². The van der Waals surface area contributed by atoms with Crippen LogP contribution in [-0.2, 0) is 14.0 Å². The monoisotopic (exact) mass is 410 g/mol. The highest BCUT2D eigenvalue weighted by atomic mass is 28.4. The maximum Gasteiger partial charge on any atom is 0.333 e. The fourth-order valence-electron chi connectivity index (χ4n) is 3.81. The first-order valence-corrected chi connectivity index (χ1v) is 12.2. The molecule has 156 valence electrons. The number of hydrogen-bond acceptors (Lipinski definition) is 3. The summed E-state index contributed by atoms with van der Waals surface area (Å²) in [6, 6.07) is 21.2. The molecule has 0 saturated carbocycles. The Labute approximate surface area is 176 Å². The number of rotatable bonds is 8. The molecule has 0 unspecified atom stereocenters. The Bertz CT molecular complexity index is 767. The summed E-state index contributed by atoms with van der Waals surface area (Å²) in [7, 11) is -2.55. The molecule has 3 nitrogen and oxygen atoms in total. The topological polar surface area (TPSA) is 35.5 Å². The zero-order valence-electron chi connectivity index (χ0n) is 18.6. The number of carbonyl (C=O) groups excluding carboxylic acids is 1. The van der Waals surface area contributed by atoms with E-state index in [1.54, 1.807) is 6.92 Å². The highest BCUT2D eigenvalue weighted by Crippen LogP contribution is 2.37. The Morgan fingerprint density at radius 2 is 1.48 bits per heavy atom. The van der Waals surface area contributed by atoms with Crippen LogP contribution in [0.15, 0.2) is 72.3 Å². The van der Waals surface area contributed by atoms with Crippen molar-refractivity contribution in [2.75, 3.05) is 13.2 Å². The van der Waals surface area contributed by atoms with Gasteiger partial charge in [0.25, 0.3) is 8.32 Å². The van der Waals surface area contributed by atoms with E-state index in [1.807, 2.05) is 25.1 Å². The van der Waals surface area contributed by atoms with Crippen LogP contribution < -0.4 is 10.4 Å². The quantitative estimate of drug-likeness (QED) is 0.359. The molecule has 0 N–H and O–H groups in total. The third kappa shape index (κ3) is 5.46. The van der Waals surface area contributed by atoms with Crippen molar-refractivity contribution >= 4 is 24.7 Å². The van der Waals surface area contributed by atoms with Crippen LogP contribution in [0.2, 0.25) is 5.04 Å². The second-order valence-electron chi connectivity index (χ2n) is 8.52. The molecule has 0 heterocycles. The lowest BCUT2D eigenvalue weighted by molar-refractivity contribution is -0.138. The largest absolute Gasteiger partial charge is 0.463 e. The lowest BCUT2D eigenvalue weighted by atomic mass is 10.1. The smallest absolute Gasteiger partial charge is 0.333 e. The predicted molar refractivity (Wildman–Crippen MR) is 123 cm³/mol. The van der Waals surface area contributed by atoms with Gasteiger partial charge in [-0.3, -0.25) is 0 Å². The molecule has 0 aliphatic heterocycles. The van der Waals surface area contributed by atoms with Crippen LogP contribution in [0.5, 0.6) is 0 Å². The minimum absolute atomic E-state index is 0.0602. The van der Waals surface area contributed by atoms with Crippen molar-refractivity contribution in [2.24, 2.45) is 5.92 Å². The molecule has 0 aliphatic carbocycles. The van der Waals surface area contributed by atoms with Crippen molar-refractivity contribution in [1.82, 2.24) is 0 Å². The van der Waals surface area contributed by atoms with Crippen LogP contribution in [0.3, 0.4) is 0 Å². The summed E-state index contributed by atoms with van der Waals surface area (Å²) in [4.78, 5) is 12.0. The van der Waals surface area contributed by atoms with Crippen LogP contribution in [0.1, 0.15) is 41.5 Å². The molecule has 1 atom stereocenters. The summed E-state index contributed by atoms with van der Waals surface area (Å²) < 4.78 is 12.0. The van der Waals surface area contributed by atoms with Gasteiger partial charge in [0, 0.05) is 12.2 Å². The zero-order valence-corrected chi connectivity index (χ0v) is 19.6. The van der Waals surface area contributed by atoms with E-state index in [0.29, 0.717) is 18.8 Å². The van der Waals surface area contributed by atoms with E-state index in [0.717, 1.165) is 0 Å². The van der Waals surface area contributed by atoms with E-state index in [1.165, 1.54) is 10.4 Å². The average Bonchev–Trinajstić information content (AvgIpc) is 2.69. The number of esters is 1. The maximum absolute atomic E-state index is 12.0. The molecule has 0 saturated heterocycles. The van der Waals surface area contributed by atoms with Crippen molar-refractivity contribution in [3.63, 3.8) is 0 Å². The van der Waals surface area contributed by atoms with Gasteiger partial charge in [-0.1, -0.05) is 94.4 Å². The second-order valence-corrected chi connectivity index (χ2v) is 12.8. The standard InChI is InChI=1S/C25H34O3Si/c1-7-27-24(26)21(3)18-20(2)19-28-29(25(4,5)6,22-14-10-8-11-15-22)23-16-12-9-13-17-23/h8-18,20H,7,19H2,1-6H3/b21-18+/t20-/m0/s1. The summed E-state index contributed by atoms with van der Waals surface area (Å²) >= 11 is 0. The van der Waals surface area contributed by atoms with E-state index >= 15 is 0 Å². The molecule has 2 aromatic carbocycles. The zero-order chi connectivity index (χ0) is 21.5. The summed E-state index contributed by atoms with van der Waals surface area (Å²) in [6.45, 7) is 13.4. The van der Waals surface area contributed by atoms with Crippen LogP contribution in [0.4, 0.5) is 0 Å². The minimum atomic E-state index is -2.55. The summed E-state index contributed by atoms with van der Waals surface area (Å²) in [6.07, 6.45) is 1.95. The Morgan fingerprint density at radius 1 is 1.00 bits per heavy atom. The number of hydrogen-bond donors (Lipinski definition) is 0. The van der Waals surface area contributed by atoms with Crippen molar-refractivity contribution < 1.29 is 14.0 Å². The average molecular weight is 411 g/mol. The fourth-order valence-corrected chi connectivity index (χ4v) is 8.47. The van der Waals surface area contributed by atoms with Gasteiger partial charge in [0.15, 0.2) is 0 Å². The molecule has 0 radical (unpaired) electrons. The van der Waals surface area contributed by atoms with E-state index in [9.17, 15) is 4.79 Å². The van der Waals surface area contributed by atoms with Crippen molar-refractivity contribution in [1.29, 1.82) is 0 Å². The summed E-state index contributed by atoms with van der Waals surface area (Å²) in [5.74, 6) is -0.161. The van der Waals surface area contributed by atoms with Gasteiger partial charge in [0.05, 0.1) is 6.61 Å². The molecule has 0 spiro atoms. The molecule has 0 aliphatic rings. The molecule has 0 fully saturated rings. The van der Waals surface area contributed by atoms with Crippen LogP contribution in [0.25, 0.3) is 0 Å². The molecule has 2 aromatic rings. The molecular weight excluding hydrogens is 376 g/mol. The Hall–Kier alpha value is -2.17. The number of ether oxygens (including phenoxy) is 1. The van der Waals surface area contributed by atoms with Gasteiger partial charge >= 0.3 is 5.97 Å². The van der Waals surface area contributed by atoms with Gasteiger partial charge < -0.3 is 9.16 Å². The first-order valence-electron chi connectivity index (χ1n) is 10.3. The van der Waals surface area contributed by atoms with Crippen LogP contribution in [0, 0.1) is 5.92 Å². The third-order valence-electron chi connectivity index (χ3n) is 5.11. The lowest BCUT2D eigenvalue weighted by Crippen LogP contribution is -2.66. The Balaban J connectivity index is 2.41. The van der Waals surface area contributed by atoms with Gasteiger partial charge in [-0.15, -0.1) is 0 Å². The maximum atomic E-state index is 12.0. The van der Waals surface area contributed by atoms with E-state index < -0.39 is 8.32 Å². The first kappa shape index (κ1) is 23.1. The lowest BCUT2D eigenvalue weighted by Gasteiger charge is -2.43. The van der Waals surface area contributed by atoms with Crippen molar-refractivity contribution in [2.45, 2.75) is 46.6 Å². The number of benzene rings is 2. The third-order valence-corrected chi connectivity index (χ3v) is 10.1. The van der Waals surface area contributed by atoms with E-state index in [2.05, 4.69) is 76.2 Å². The highest BCUT2D eigenvalue weighted by molar-refractivity contribution is 6.99. The molecule has 29 heavy (non-hydrogen) atoms. The molecule has 4 heteroatoms. The SMILES string of the molecule is CCOC(=O)/C(C)=C/[C@H](C)CO[Si](c1ccccc1)(c1ccccc1)C(C)(C)C. The Morgan fingerprint density at radius 3 is 1.90 bits per heavy atom. The predicted octanol–water partition coefficient (Wildman–Crippen LogP) is 4.71. The van der Waals surface area contributed by atoms with E-state index in [4.69, 9.17) is 9.16 Å². The van der Waals surface area contributed by atoms with Gasteiger partial charge in [0.2, 0.25) is 0 Å².